The standard InChI is InChI=1S/C33H50N6O5/c1-22(44-18-23-10-6-4-7-11-23)27(31(43)37-12-8-5-9-13-37)36-28(40)26-17-38(29(41)24-15-34-35-16-24)19-33(26)20-39(21-33)30(42)25-14-32(25,2)3/h15-16,22-23,25-27H,4-14,17-21H2,1-3H3,(H,34,35)(H,36,40)/t22-,25-,26+,27+/m1/s1. The smallest absolute Gasteiger partial charge is 0.257 e. The lowest BCUT2D eigenvalue weighted by atomic mass is 9.70. The van der Waals surface area contributed by atoms with Crippen molar-refractivity contribution in [2.45, 2.75) is 90.7 Å². The molecule has 2 saturated carbocycles. The van der Waals surface area contributed by atoms with Gasteiger partial charge in [-0.2, -0.15) is 5.10 Å². The molecule has 1 aromatic rings. The molecule has 3 aliphatic heterocycles. The highest BCUT2D eigenvalue weighted by Crippen LogP contribution is 2.54. The second-order valence-corrected chi connectivity index (χ2v) is 14.9. The van der Waals surface area contributed by atoms with Crippen LogP contribution in [0.4, 0.5) is 0 Å². The Labute approximate surface area is 260 Å². The van der Waals surface area contributed by atoms with E-state index in [1.54, 1.807) is 11.1 Å². The summed E-state index contributed by atoms with van der Waals surface area (Å²) in [6.07, 6.45) is 12.5. The number of hydrogen-bond donors (Lipinski definition) is 2. The van der Waals surface area contributed by atoms with Crippen LogP contribution in [0.2, 0.25) is 0 Å². The van der Waals surface area contributed by atoms with Crippen molar-refractivity contribution in [2.24, 2.45) is 28.6 Å². The third-order valence-corrected chi connectivity index (χ3v) is 11.2. The van der Waals surface area contributed by atoms with E-state index in [-0.39, 0.29) is 41.5 Å². The third-order valence-electron chi connectivity index (χ3n) is 11.2. The summed E-state index contributed by atoms with van der Waals surface area (Å²) >= 11 is 0. The van der Waals surface area contributed by atoms with Crippen LogP contribution in [-0.4, -0.2) is 107 Å². The Balaban J connectivity index is 1.18. The highest BCUT2D eigenvalue weighted by atomic mass is 16.5. The molecule has 0 unspecified atom stereocenters. The molecule has 11 nitrogen and oxygen atoms in total. The molecule has 1 spiro atoms. The van der Waals surface area contributed by atoms with Gasteiger partial charge in [0.1, 0.15) is 6.04 Å². The van der Waals surface area contributed by atoms with Crippen molar-refractivity contribution in [3.05, 3.63) is 18.0 Å². The zero-order valence-electron chi connectivity index (χ0n) is 26.7. The maximum atomic E-state index is 14.2. The Hall–Kier alpha value is -2.95. The molecule has 11 heteroatoms. The number of piperidine rings is 1. The minimum atomic E-state index is -0.801. The lowest BCUT2D eigenvalue weighted by molar-refractivity contribution is -0.153. The number of amides is 4. The van der Waals surface area contributed by atoms with E-state index in [4.69, 9.17) is 4.74 Å². The monoisotopic (exact) mass is 610 g/mol. The molecule has 5 aliphatic rings. The van der Waals surface area contributed by atoms with Crippen LogP contribution in [0.1, 0.15) is 88.9 Å². The molecule has 0 radical (unpaired) electrons. The predicted octanol–water partition coefficient (Wildman–Crippen LogP) is 2.84. The molecule has 0 aromatic carbocycles. The van der Waals surface area contributed by atoms with Crippen molar-refractivity contribution in [1.29, 1.82) is 0 Å². The molecule has 1 aromatic heterocycles. The maximum Gasteiger partial charge on any atom is 0.257 e. The van der Waals surface area contributed by atoms with Gasteiger partial charge in [0, 0.05) is 63.4 Å². The van der Waals surface area contributed by atoms with Crippen molar-refractivity contribution in [1.82, 2.24) is 30.2 Å². The normalized spacial score (nSPS) is 27.5. The number of ether oxygens (including phenoxy) is 1. The zero-order chi connectivity index (χ0) is 31.1. The van der Waals surface area contributed by atoms with Crippen molar-refractivity contribution in [3.63, 3.8) is 0 Å². The van der Waals surface area contributed by atoms with Crippen LogP contribution in [0.5, 0.6) is 0 Å². The average molecular weight is 611 g/mol. The molecule has 5 fully saturated rings. The predicted molar refractivity (Wildman–Crippen MR) is 163 cm³/mol. The topological polar surface area (TPSA) is 128 Å². The number of rotatable bonds is 9. The summed E-state index contributed by atoms with van der Waals surface area (Å²) < 4.78 is 6.33. The second-order valence-electron chi connectivity index (χ2n) is 14.9. The van der Waals surface area contributed by atoms with Crippen LogP contribution in [-0.2, 0) is 19.1 Å². The van der Waals surface area contributed by atoms with Crippen LogP contribution in [0.3, 0.4) is 0 Å². The molecule has 3 saturated heterocycles. The van der Waals surface area contributed by atoms with E-state index >= 15 is 0 Å². The molecule has 4 amide bonds. The molecule has 0 bridgehead atoms. The van der Waals surface area contributed by atoms with Gasteiger partial charge in [0.25, 0.3) is 5.91 Å². The summed E-state index contributed by atoms with van der Waals surface area (Å²) in [6, 6.07) is -0.801. The largest absolute Gasteiger partial charge is 0.376 e. The van der Waals surface area contributed by atoms with Crippen LogP contribution in [0.25, 0.3) is 0 Å². The average Bonchev–Trinajstić information content (AvgIpc) is 3.38. The summed E-state index contributed by atoms with van der Waals surface area (Å²) in [5.41, 5.74) is -0.0925. The number of aromatic nitrogens is 2. The van der Waals surface area contributed by atoms with Gasteiger partial charge in [0.2, 0.25) is 17.7 Å². The van der Waals surface area contributed by atoms with E-state index in [1.165, 1.54) is 25.5 Å². The third kappa shape index (κ3) is 6.26. The summed E-state index contributed by atoms with van der Waals surface area (Å²) in [7, 11) is 0. The first-order valence-electron chi connectivity index (χ1n) is 16.9. The molecule has 242 valence electrons. The van der Waals surface area contributed by atoms with Gasteiger partial charge in [-0.15, -0.1) is 0 Å². The van der Waals surface area contributed by atoms with Gasteiger partial charge in [-0.25, -0.2) is 0 Å². The van der Waals surface area contributed by atoms with E-state index in [0.717, 1.165) is 38.5 Å². The number of hydrogen-bond acceptors (Lipinski definition) is 6. The van der Waals surface area contributed by atoms with E-state index in [9.17, 15) is 19.2 Å². The first-order chi connectivity index (χ1) is 21.1. The first-order valence-corrected chi connectivity index (χ1v) is 16.9. The van der Waals surface area contributed by atoms with Gasteiger partial charge in [-0.05, 0) is 56.8 Å². The Kier molecular flexibility index (Phi) is 8.78. The van der Waals surface area contributed by atoms with Crippen molar-refractivity contribution < 1.29 is 23.9 Å². The number of H-pyrrole nitrogens is 1. The molecule has 4 atom stereocenters. The van der Waals surface area contributed by atoms with Crippen molar-refractivity contribution in [2.75, 3.05) is 45.9 Å². The van der Waals surface area contributed by atoms with Crippen molar-refractivity contribution in [3.8, 4) is 0 Å². The summed E-state index contributed by atoms with van der Waals surface area (Å²) in [6.45, 7) is 9.57. The molecule has 2 N–H and O–H groups in total. The Bertz CT molecular complexity index is 1220. The summed E-state index contributed by atoms with van der Waals surface area (Å²) in [4.78, 5) is 60.2. The highest BCUT2D eigenvalue weighted by molar-refractivity contribution is 5.95. The Morgan fingerprint density at radius 2 is 1.64 bits per heavy atom. The van der Waals surface area contributed by atoms with E-state index in [0.29, 0.717) is 50.8 Å². The molecule has 4 heterocycles. The molecular weight excluding hydrogens is 560 g/mol. The second kappa shape index (κ2) is 12.4. The Morgan fingerprint density at radius 1 is 0.977 bits per heavy atom. The van der Waals surface area contributed by atoms with E-state index < -0.39 is 23.5 Å². The quantitative estimate of drug-likeness (QED) is 0.443. The molecular formula is C33H50N6O5. The van der Waals surface area contributed by atoms with Crippen molar-refractivity contribution >= 4 is 23.6 Å². The molecule has 44 heavy (non-hydrogen) atoms. The maximum absolute atomic E-state index is 14.2. The van der Waals surface area contributed by atoms with Gasteiger partial charge >= 0.3 is 0 Å². The zero-order valence-corrected chi connectivity index (χ0v) is 26.7. The summed E-state index contributed by atoms with van der Waals surface area (Å²) in [5.74, 6) is -0.413. The van der Waals surface area contributed by atoms with Gasteiger partial charge in [-0.1, -0.05) is 33.1 Å². The van der Waals surface area contributed by atoms with Gasteiger partial charge in [-0.3, -0.25) is 24.3 Å². The number of carbonyl (C=O) groups is 4. The fraction of sp³-hybridized carbons (Fsp3) is 0.788. The number of nitrogens with zero attached hydrogens (tertiary/aromatic N) is 4. The van der Waals surface area contributed by atoms with Gasteiger partial charge in [0.05, 0.1) is 23.8 Å². The van der Waals surface area contributed by atoms with Gasteiger partial charge < -0.3 is 24.8 Å². The minimum Gasteiger partial charge on any atom is -0.376 e. The Morgan fingerprint density at radius 3 is 2.27 bits per heavy atom. The molecule has 6 rings (SSSR count). The fourth-order valence-electron chi connectivity index (χ4n) is 8.02. The number of carbonyl (C=O) groups excluding carboxylic acids is 4. The fourth-order valence-corrected chi connectivity index (χ4v) is 8.02. The lowest BCUT2D eigenvalue weighted by Crippen LogP contribution is -2.65. The number of aromatic amines is 1. The van der Waals surface area contributed by atoms with Crippen LogP contribution >= 0.6 is 0 Å². The molecule has 2 aliphatic carbocycles. The summed E-state index contributed by atoms with van der Waals surface area (Å²) in [5, 5.41) is 9.76. The first kappa shape index (κ1) is 31.0. The lowest BCUT2D eigenvalue weighted by Gasteiger charge is -2.50. The van der Waals surface area contributed by atoms with Crippen LogP contribution < -0.4 is 5.32 Å². The van der Waals surface area contributed by atoms with Crippen LogP contribution in [0.15, 0.2) is 12.4 Å². The highest BCUT2D eigenvalue weighted by Gasteiger charge is 2.62. The van der Waals surface area contributed by atoms with Gasteiger partial charge in [0.15, 0.2) is 0 Å². The van der Waals surface area contributed by atoms with Crippen LogP contribution in [0, 0.1) is 28.6 Å². The minimum absolute atomic E-state index is 0.0192. The SMILES string of the molecule is C[C@@H](OCC1CCCCC1)[C@H](NC(=O)[C@@H]1CN(C(=O)c2cn[nH]c2)CC12CN(C(=O)[C@H]1CC1(C)C)C2)C(=O)N1CCCCC1. The number of nitrogens with one attached hydrogen (secondary N) is 2. The number of likely N-dealkylation sites (tertiary alicyclic amines) is 3. The van der Waals surface area contributed by atoms with E-state index in [1.807, 2.05) is 16.7 Å². The van der Waals surface area contributed by atoms with E-state index in [2.05, 4.69) is 29.4 Å².